The lowest BCUT2D eigenvalue weighted by Gasteiger charge is -2.13. The lowest BCUT2D eigenvalue weighted by Crippen LogP contribution is -2.27. The van der Waals surface area contributed by atoms with Gasteiger partial charge in [0, 0.05) is 23.1 Å². The standard InChI is InChI=1S/C22H21F3N2O2S/c1-14(2)11-26-20(28)19-13-30-21(27-19)15-7-9-17(10-8-15)29-12-16-5-3-4-6-18(16)22(23,24)25/h3-10,13-14H,11-12H2,1-2H3,(H,26,28). The number of hydrogen-bond acceptors (Lipinski definition) is 4. The predicted octanol–water partition coefficient (Wildman–Crippen LogP) is 5.79. The van der Waals surface area contributed by atoms with E-state index in [4.69, 9.17) is 4.74 Å². The molecule has 0 aliphatic rings. The number of thiazole rings is 1. The highest BCUT2D eigenvalue weighted by Gasteiger charge is 2.32. The van der Waals surface area contributed by atoms with Gasteiger partial charge < -0.3 is 10.1 Å². The second-order valence-electron chi connectivity index (χ2n) is 7.11. The fourth-order valence-corrected chi connectivity index (χ4v) is 3.48. The molecule has 1 aromatic heterocycles. The Bertz CT molecular complexity index is 998. The molecule has 0 aliphatic heterocycles. The molecule has 8 heteroatoms. The highest BCUT2D eigenvalue weighted by atomic mass is 32.1. The minimum absolute atomic E-state index is 0.0750. The van der Waals surface area contributed by atoms with Crippen LogP contribution < -0.4 is 10.1 Å². The summed E-state index contributed by atoms with van der Waals surface area (Å²) in [5, 5.41) is 5.20. The number of ether oxygens (including phenoxy) is 1. The predicted molar refractivity (Wildman–Crippen MR) is 110 cm³/mol. The fourth-order valence-electron chi connectivity index (χ4n) is 2.68. The SMILES string of the molecule is CC(C)CNC(=O)c1csc(-c2ccc(OCc3ccccc3C(F)(F)F)cc2)n1. The quantitative estimate of drug-likeness (QED) is 0.512. The molecule has 0 bridgehead atoms. The minimum atomic E-state index is -4.42. The first-order valence-electron chi connectivity index (χ1n) is 9.36. The topological polar surface area (TPSA) is 51.2 Å². The number of aromatic nitrogens is 1. The van der Waals surface area contributed by atoms with Gasteiger partial charge in [-0.1, -0.05) is 32.0 Å². The van der Waals surface area contributed by atoms with Gasteiger partial charge in [-0.2, -0.15) is 13.2 Å². The number of carbonyl (C=O) groups is 1. The maximum absolute atomic E-state index is 13.1. The summed E-state index contributed by atoms with van der Waals surface area (Å²) in [5.41, 5.74) is 0.532. The molecule has 2 aromatic carbocycles. The maximum Gasteiger partial charge on any atom is 0.416 e. The van der Waals surface area contributed by atoms with Crippen LogP contribution in [0.5, 0.6) is 5.75 Å². The molecule has 3 rings (SSSR count). The Kier molecular flexibility index (Phi) is 6.77. The van der Waals surface area contributed by atoms with Crippen LogP contribution in [0.2, 0.25) is 0 Å². The fraction of sp³-hybridized carbons (Fsp3) is 0.273. The number of carbonyl (C=O) groups excluding carboxylic acids is 1. The van der Waals surface area contributed by atoms with E-state index in [0.717, 1.165) is 11.6 Å². The van der Waals surface area contributed by atoms with Gasteiger partial charge in [0.1, 0.15) is 23.1 Å². The van der Waals surface area contributed by atoms with Crippen molar-refractivity contribution in [3.8, 4) is 16.3 Å². The molecule has 1 heterocycles. The third-order valence-electron chi connectivity index (χ3n) is 4.23. The molecular formula is C22H21F3N2O2S. The van der Waals surface area contributed by atoms with Crippen molar-refractivity contribution in [2.75, 3.05) is 6.54 Å². The van der Waals surface area contributed by atoms with Crippen LogP contribution >= 0.6 is 11.3 Å². The van der Waals surface area contributed by atoms with Gasteiger partial charge in [0.05, 0.1) is 5.56 Å². The van der Waals surface area contributed by atoms with Crippen LogP contribution in [0.4, 0.5) is 13.2 Å². The number of hydrogen-bond donors (Lipinski definition) is 1. The lowest BCUT2D eigenvalue weighted by molar-refractivity contribution is -0.138. The highest BCUT2D eigenvalue weighted by Crippen LogP contribution is 2.32. The van der Waals surface area contributed by atoms with Crippen LogP contribution in [-0.2, 0) is 12.8 Å². The molecule has 0 aliphatic carbocycles. The van der Waals surface area contributed by atoms with E-state index in [1.54, 1.807) is 35.7 Å². The van der Waals surface area contributed by atoms with E-state index in [2.05, 4.69) is 10.3 Å². The van der Waals surface area contributed by atoms with Crippen molar-refractivity contribution < 1.29 is 22.7 Å². The summed E-state index contributed by atoms with van der Waals surface area (Å²) in [7, 11) is 0. The molecule has 0 spiro atoms. The van der Waals surface area contributed by atoms with E-state index in [0.29, 0.717) is 28.9 Å². The zero-order valence-corrected chi connectivity index (χ0v) is 17.3. The van der Waals surface area contributed by atoms with E-state index >= 15 is 0 Å². The van der Waals surface area contributed by atoms with Gasteiger partial charge in [-0.05, 0) is 36.2 Å². The molecule has 4 nitrogen and oxygen atoms in total. The zero-order chi connectivity index (χ0) is 21.7. The van der Waals surface area contributed by atoms with Crippen molar-refractivity contribution in [1.29, 1.82) is 0 Å². The number of halogens is 3. The molecule has 0 saturated carbocycles. The maximum atomic E-state index is 13.1. The Hall–Kier alpha value is -2.87. The van der Waals surface area contributed by atoms with Crippen molar-refractivity contribution in [3.63, 3.8) is 0 Å². The van der Waals surface area contributed by atoms with Gasteiger partial charge in [0.15, 0.2) is 0 Å². The van der Waals surface area contributed by atoms with E-state index in [-0.39, 0.29) is 18.1 Å². The average molecular weight is 434 g/mol. The number of benzene rings is 2. The lowest BCUT2D eigenvalue weighted by atomic mass is 10.1. The molecule has 0 unspecified atom stereocenters. The van der Waals surface area contributed by atoms with Crippen molar-refractivity contribution in [1.82, 2.24) is 10.3 Å². The monoisotopic (exact) mass is 434 g/mol. The van der Waals surface area contributed by atoms with Crippen molar-refractivity contribution in [2.24, 2.45) is 5.92 Å². The number of nitrogens with one attached hydrogen (secondary N) is 1. The molecule has 0 radical (unpaired) electrons. The Morgan fingerprint density at radius 3 is 2.50 bits per heavy atom. The van der Waals surface area contributed by atoms with E-state index in [9.17, 15) is 18.0 Å². The van der Waals surface area contributed by atoms with Crippen LogP contribution in [0.25, 0.3) is 10.6 Å². The normalized spacial score (nSPS) is 11.5. The molecule has 3 aromatic rings. The smallest absolute Gasteiger partial charge is 0.416 e. The molecule has 158 valence electrons. The molecule has 0 atom stereocenters. The van der Waals surface area contributed by atoms with Crippen molar-refractivity contribution >= 4 is 17.2 Å². The van der Waals surface area contributed by atoms with Crippen molar-refractivity contribution in [2.45, 2.75) is 26.6 Å². The summed E-state index contributed by atoms with van der Waals surface area (Å²) >= 11 is 1.35. The van der Waals surface area contributed by atoms with Gasteiger partial charge in [-0.15, -0.1) is 11.3 Å². The highest BCUT2D eigenvalue weighted by molar-refractivity contribution is 7.13. The van der Waals surface area contributed by atoms with Gasteiger partial charge in [-0.3, -0.25) is 4.79 Å². The minimum Gasteiger partial charge on any atom is -0.489 e. The first-order valence-corrected chi connectivity index (χ1v) is 10.2. The molecule has 0 fully saturated rings. The number of nitrogens with zero attached hydrogens (tertiary/aromatic N) is 1. The molecule has 1 N–H and O–H groups in total. The van der Waals surface area contributed by atoms with Crippen LogP contribution in [0.1, 0.15) is 35.5 Å². The Balaban J connectivity index is 1.65. The molecule has 30 heavy (non-hydrogen) atoms. The number of alkyl halides is 3. The summed E-state index contributed by atoms with van der Waals surface area (Å²) in [4.78, 5) is 16.5. The van der Waals surface area contributed by atoms with Crippen LogP contribution in [0.3, 0.4) is 0 Å². The Labute approximate surface area is 176 Å². The summed E-state index contributed by atoms with van der Waals surface area (Å²) < 4.78 is 44.7. The van der Waals surface area contributed by atoms with Crippen molar-refractivity contribution in [3.05, 3.63) is 70.7 Å². The summed E-state index contributed by atoms with van der Waals surface area (Å²) in [6.45, 7) is 4.41. The first kappa shape index (κ1) is 21.8. The van der Waals surface area contributed by atoms with Crippen LogP contribution in [-0.4, -0.2) is 17.4 Å². The van der Waals surface area contributed by atoms with E-state index < -0.39 is 11.7 Å². The van der Waals surface area contributed by atoms with Gasteiger partial charge in [0.25, 0.3) is 5.91 Å². The van der Waals surface area contributed by atoms with Crippen LogP contribution in [0.15, 0.2) is 53.9 Å². The summed E-state index contributed by atoms with van der Waals surface area (Å²) in [5.74, 6) is 0.583. The van der Waals surface area contributed by atoms with Gasteiger partial charge in [0.2, 0.25) is 0 Å². The van der Waals surface area contributed by atoms with E-state index in [1.807, 2.05) is 13.8 Å². The Morgan fingerprint density at radius 1 is 1.13 bits per heavy atom. The van der Waals surface area contributed by atoms with Gasteiger partial charge in [-0.25, -0.2) is 4.98 Å². The third-order valence-corrected chi connectivity index (χ3v) is 5.12. The summed E-state index contributed by atoms with van der Waals surface area (Å²) in [6, 6.07) is 12.2. The number of rotatable bonds is 7. The van der Waals surface area contributed by atoms with Gasteiger partial charge >= 0.3 is 6.18 Å². The van der Waals surface area contributed by atoms with Crippen LogP contribution in [0, 0.1) is 5.92 Å². The number of amides is 1. The first-order chi connectivity index (χ1) is 14.2. The third kappa shape index (κ3) is 5.60. The average Bonchev–Trinajstić information content (AvgIpc) is 3.21. The zero-order valence-electron chi connectivity index (χ0n) is 16.5. The summed E-state index contributed by atoms with van der Waals surface area (Å²) in [6.07, 6.45) is -4.42. The van der Waals surface area contributed by atoms with E-state index in [1.165, 1.54) is 23.5 Å². The Morgan fingerprint density at radius 2 is 1.83 bits per heavy atom. The molecular weight excluding hydrogens is 413 g/mol. The molecule has 0 saturated heterocycles. The molecule has 1 amide bonds. The second kappa shape index (κ2) is 9.30. The second-order valence-corrected chi connectivity index (χ2v) is 7.97. The largest absolute Gasteiger partial charge is 0.489 e.